The maximum Gasteiger partial charge on any atom is 0.280 e. The first-order chi connectivity index (χ1) is 14.7. The van der Waals surface area contributed by atoms with E-state index in [9.17, 15) is 4.79 Å². The number of para-hydroxylation sites is 2. The van der Waals surface area contributed by atoms with Crippen LogP contribution < -0.4 is 5.01 Å². The quantitative estimate of drug-likeness (QED) is 0.423. The molecule has 5 nitrogen and oxygen atoms in total. The number of carbonyl (C=O) groups excluding carboxylic acids is 1. The Labute approximate surface area is 178 Å². The number of anilines is 1. The molecule has 0 aliphatic carbocycles. The summed E-state index contributed by atoms with van der Waals surface area (Å²) in [6.07, 6.45) is 3.86. The van der Waals surface area contributed by atoms with E-state index in [4.69, 9.17) is 5.10 Å². The van der Waals surface area contributed by atoms with Crippen LogP contribution in [0.4, 0.5) is 5.69 Å². The molecule has 0 fully saturated rings. The third-order valence-corrected chi connectivity index (χ3v) is 5.76. The molecule has 6 heteroatoms. The minimum Gasteiger partial charge on any atom is -0.267 e. The van der Waals surface area contributed by atoms with Gasteiger partial charge in [-0.3, -0.25) is 4.79 Å². The zero-order valence-electron chi connectivity index (χ0n) is 16.3. The van der Waals surface area contributed by atoms with E-state index in [1.54, 1.807) is 11.3 Å². The van der Waals surface area contributed by atoms with Crippen molar-refractivity contribution in [3.05, 3.63) is 95.5 Å². The summed E-state index contributed by atoms with van der Waals surface area (Å²) in [5, 5.41) is 12.8. The van der Waals surface area contributed by atoms with Crippen molar-refractivity contribution in [2.75, 3.05) is 5.01 Å². The standard InChI is InChI=1S/C24H18N4OS/c1-17-21(24(29)28(25-17)20-11-6-3-7-12-20)15-18-16-27(19-9-4-2-5-10-19)26-23(18)22-13-8-14-30-22/h2-16H,1H3. The molecule has 0 saturated carbocycles. The molecule has 1 aliphatic rings. The van der Waals surface area contributed by atoms with E-state index in [0.717, 1.165) is 27.5 Å². The molecule has 0 spiro atoms. The summed E-state index contributed by atoms with van der Waals surface area (Å²) in [4.78, 5) is 14.2. The van der Waals surface area contributed by atoms with Gasteiger partial charge in [0.1, 0.15) is 5.69 Å². The first-order valence-electron chi connectivity index (χ1n) is 9.56. The van der Waals surface area contributed by atoms with E-state index in [1.807, 2.05) is 102 Å². The average molecular weight is 411 g/mol. The van der Waals surface area contributed by atoms with E-state index in [2.05, 4.69) is 5.10 Å². The smallest absolute Gasteiger partial charge is 0.267 e. The van der Waals surface area contributed by atoms with Gasteiger partial charge in [0.25, 0.3) is 5.91 Å². The van der Waals surface area contributed by atoms with Crippen LogP contribution in [-0.2, 0) is 4.79 Å². The molecule has 146 valence electrons. The number of carbonyl (C=O) groups is 1. The second-order valence-electron chi connectivity index (χ2n) is 6.89. The minimum absolute atomic E-state index is 0.136. The highest BCUT2D eigenvalue weighted by molar-refractivity contribution is 7.13. The summed E-state index contributed by atoms with van der Waals surface area (Å²) < 4.78 is 1.85. The van der Waals surface area contributed by atoms with Crippen molar-refractivity contribution >= 4 is 34.7 Å². The van der Waals surface area contributed by atoms with Gasteiger partial charge in [0.2, 0.25) is 0 Å². The molecule has 0 radical (unpaired) electrons. The highest BCUT2D eigenvalue weighted by Gasteiger charge is 2.29. The second-order valence-corrected chi connectivity index (χ2v) is 7.83. The van der Waals surface area contributed by atoms with E-state index < -0.39 is 0 Å². The summed E-state index contributed by atoms with van der Waals surface area (Å²) >= 11 is 1.62. The Morgan fingerprint density at radius 1 is 0.900 bits per heavy atom. The Hall–Kier alpha value is -3.77. The number of nitrogens with zero attached hydrogens (tertiary/aromatic N) is 4. The van der Waals surface area contributed by atoms with Gasteiger partial charge >= 0.3 is 0 Å². The number of hydrazone groups is 1. The van der Waals surface area contributed by atoms with Crippen LogP contribution in [0, 0.1) is 0 Å². The molecular weight excluding hydrogens is 392 g/mol. The maximum atomic E-state index is 13.1. The molecular formula is C24H18N4OS. The number of thiophene rings is 1. The Balaban J connectivity index is 1.59. The molecule has 2 aromatic heterocycles. The molecule has 0 atom stereocenters. The molecule has 0 N–H and O–H groups in total. The monoisotopic (exact) mass is 410 g/mol. The van der Waals surface area contributed by atoms with Crippen molar-refractivity contribution in [1.82, 2.24) is 9.78 Å². The van der Waals surface area contributed by atoms with Gasteiger partial charge in [-0.1, -0.05) is 42.5 Å². The van der Waals surface area contributed by atoms with Gasteiger partial charge in [-0.2, -0.15) is 15.2 Å². The highest BCUT2D eigenvalue weighted by atomic mass is 32.1. The Morgan fingerprint density at radius 3 is 2.27 bits per heavy atom. The molecule has 0 bridgehead atoms. The number of benzene rings is 2. The normalized spacial score (nSPS) is 15.1. The molecule has 4 aromatic rings. The first kappa shape index (κ1) is 18.3. The van der Waals surface area contributed by atoms with Crippen molar-refractivity contribution < 1.29 is 4.79 Å². The lowest BCUT2D eigenvalue weighted by molar-refractivity contribution is -0.114. The van der Waals surface area contributed by atoms with Gasteiger partial charge < -0.3 is 0 Å². The van der Waals surface area contributed by atoms with Crippen molar-refractivity contribution in [2.24, 2.45) is 5.10 Å². The minimum atomic E-state index is -0.136. The average Bonchev–Trinajstić information content (AvgIpc) is 3.51. The van der Waals surface area contributed by atoms with E-state index in [-0.39, 0.29) is 5.91 Å². The molecule has 1 aliphatic heterocycles. The van der Waals surface area contributed by atoms with Crippen LogP contribution in [0.3, 0.4) is 0 Å². The summed E-state index contributed by atoms with van der Waals surface area (Å²) in [6.45, 7) is 1.86. The van der Waals surface area contributed by atoms with Gasteiger partial charge in [-0.05, 0) is 48.7 Å². The Kier molecular flexibility index (Phi) is 4.61. The van der Waals surface area contributed by atoms with Gasteiger partial charge in [0, 0.05) is 11.8 Å². The van der Waals surface area contributed by atoms with E-state index in [1.165, 1.54) is 5.01 Å². The Bertz CT molecular complexity index is 1260. The number of rotatable bonds is 4. The third-order valence-electron chi connectivity index (χ3n) is 4.88. The van der Waals surface area contributed by atoms with Crippen LogP contribution in [-0.4, -0.2) is 21.4 Å². The van der Waals surface area contributed by atoms with Crippen LogP contribution in [0.2, 0.25) is 0 Å². The van der Waals surface area contributed by atoms with Crippen LogP contribution >= 0.6 is 11.3 Å². The first-order valence-corrected chi connectivity index (χ1v) is 10.4. The van der Waals surface area contributed by atoms with Crippen LogP contribution in [0.5, 0.6) is 0 Å². The zero-order chi connectivity index (χ0) is 20.5. The summed E-state index contributed by atoms with van der Waals surface area (Å²) in [5.74, 6) is -0.136. The number of hydrogen-bond donors (Lipinski definition) is 0. The van der Waals surface area contributed by atoms with Crippen molar-refractivity contribution in [3.63, 3.8) is 0 Å². The van der Waals surface area contributed by atoms with Crippen molar-refractivity contribution in [2.45, 2.75) is 6.92 Å². The summed E-state index contributed by atoms with van der Waals surface area (Å²) in [6, 6.07) is 23.5. The van der Waals surface area contributed by atoms with Gasteiger partial charge in [-0.15, -0.1) is 11.3 Å². The lowest BCUT2D eigenvalue weighted by Gasteiger charge is -2.10. The third kappa shape index (κ3) is 3.27. The second kappa shape index (κ2) is 7.57. The fraction of sp³-hybridized carbons (Fsp3) is 0.0417. The number of amides is 1. The maximum absolute atomic E-state index is 13.1. The SMILES string of the molecule is CC1=NN(c2ccccc2)C(=O)C1=Cc1cn(-c2ccccc2)nc1-c1cccs1. The number of hydrogen-bond acceptors (Lipinski definition) is 4. The molecule has 30 heavy (non-hydrogen) atoms. The van der Waals surface area contributed by atoms with Crippen molar-refractivity contribution in [3.8, 4) is 16.3 Å². The largest absolute Gasteiger partial charge is 0.280 e. The van der Waals surface area contributed by atoms with Crippen LogP contribution in [0.1, 0.15) is 12.5 Å². The lowest BCUT2D eigenvalue weighted by atomic mass is 10.1. The predicted molar refractivity (Wildman–Crippen MR) is 122 cm³/mol. The zero-order valence-corrected chi connectivity index (χ0v) is 17.1. The molecule has 0 unspecified atom stereocenters. The highest BCUT2D eigenvalue weighted by Crippen LogP contribution is 2.31. The predicted octanol–water partition coefficient (Wildman–Crippen LogP) is 5.41. The molecule has 3 heterocycles. The van der Waals surface area contributed by atoms with Gasteiger partial charge in [0.15, 0.2) is 0 Å². The van der Waals surface area contributed by atoms with Crippen LogP contribution in [0.25, 0.3) is 22.3 Å². The number of aromatic nitrogens is 2. The molecule has 0 saturated heterocycles. The molecule has 2 aromatic carbocycles. The molecule has 5 rings (SSSR count). The van der Waals surface area contributed by atoms with E-state index in [0.29, 0.717) is 11.3 Å². The fourth-order valence-corrected chi connectivity index (χ4v) is 4.13. The van der Waals surface area contributed by atoms with Gasteiger partial charge in [0.05, 0.1) is 27.5 Å². The molecule has 1 amide bonds. The topological polar surface area (TPSA) is 50.5 Å². The van der Waals surface area contributed by atoms with Crippen LogP contribution in [0.15, 0.2) is 95.0 Å². The van der Waals surface area contributed by atoms with Gasteiger partial charge in [-0.25, -0.2) is 4.68 Å². The Morgan fingerprint density at radius 2 is 1.60 bits per heavy atom. The lowest BCUT2D eigenvalue weighted by Crippen LogP contribution is -2.21. The summed E-state index contributed by atoms with van der Waals surface area (Å²) in [5.41, 5.74) is 4.71. The van der Waals surface area contributed by atoms with E-state index >= 15 is 0 Å². The van der Waals surface area contributed by atoms with Crippen molar-refractivity contribution in [1.29, 1.82) is 0 Å². The summed E-state index contributed by atoms with van der Waals surface area (Å²) in [7, 11) is 0. The fourth-order valence-electron chi connectivity index (χ4n) is 3.39.